The van der Waals surface area contributed by atoms with Gasteiger partial charge in [-0.25, -0.2) is 0 Å². The van der Waals surface area contributed by atoms with E-state index < -0.39 is 0 Å². The second-order valence-corrected chi connectivity index (χ2v) is 5.54. The Morgan fingerprint density at radius 2 is 2.25 bits per heavy atom. The fourth-order valence-corrected chi connectivity index (χ4v) is 2.90. The molecule has 3 atom stereocenters. The monoisotopic (exact) mass is 278 g/mol. The highest BCUT2D eigenvalue weighted by atomic mass is 16.5. The number of anilines is 1. The van der Waals surface area contributed by atoms with Crippen LogP contribution < -0.4 is 15.4 Å². The summed E-state index contributed by atoms with van der Waals surface area (Å²) in [4.78, 5) is 2.43. The Kier molecular flexibility index (Phi) is 4.89. The average Bonchev–Trinajstić information content (AvgIpc) is 2.46. The maximum Gasteiger partial charge on any atom is 0.125 e. The third-order valence-corrected chi connectivity index (χ3v) is 3.97. The lowest BCUT2D eigenvalue weighted by atomic mass is 10.0. The van der Waals surface area contributed by atoms with Crippen molar-refractivity contribution < 1.29 is 9.47 Å². The second-order valence-electron chi connectivity index (χ2n) is 5.54. The third-order valence-electron chi connectivity index (χ3n) is 3.97. The first-order valence-electron chi connectivity index (χ1n) is 7.39. The number of hydrogen-bond donors (Lipinski definition) is 1. The normalized spacial score (nSPS) is 24.6. The van der Waals surface area contributed by atoms with Crippen molar-refractivity contribution in [2.75, 3.05) is 25.2 Å². The summed E-state index contributed by atoms with van der Waals surface area (Å²) >= 11 is 0. The highest BCUT2D eigenvalue weighted by Crippen LogP contribution is 2.36. The van der Waals surface area contributed by atoms with Gasteiger partial charge in [0.1, 0.15) is 5.75 Å². The van der Waals surface area contributed by atoms with Gasteiger partial charge in [0, 0.05) is 23.8 Å². The Bertz CT molecular complexity index is 448. The molecule has 1 aliphatic heterocycles. The minimum atomic E-state index is -0.0585. The molecule has 1 heterocycles. The number of morpholine rings is 1. The van der Waals surface area contributed by atoms with Crippen LogP contribution in [0, 0.1) is 0 Å². The molecule has 1 aliphatic rings. The Balaban J connectivity index is 2.44. The number of hydrogen-bond acceptors (Lipinski definition) is 4. The summed E-state index contributed by atoms with van der Waals surface area (Å²) in [5.41, 5.74) is 8.45. The van der Waals surface area contributed by atoms with Crippen LogP contribution in [-0.2, 0) is 4.74 Å². The molecule has 0 radical (unpaired) electrons. The molecular formula is C16H26N2O2. The Labute approximate surface area is 121 Å². The number of nitrogens with two attached hydrogens (primary N) is 1. The zero-order chi connectivity index (χ0) is 14.7. The third kappa shape index (κ3) is 2.91. The summed E-state index contributed by atoms with van der Waals surface area (Å²) in [6.45, 7) is 7.98. The molecule has 0 amide bonds. The van der Waals surface area contributed by atoms with Crippen molar-refractivity contribution >= 4 is 5.69 Å². The summed E-state index contributed by atoms with van der Waals surface area (Å²) < 4.78 is 11.3. The van der Waals surface area contributed by atoms with Gasteiger partial charge in [0.25, 0.3) is 0 Å². The first-order valence-corrected chi connectivity index (χ1v) is 7.39. The van der Waals surface area contributed by atoms with Crippen molar-refractivity contribution in [1.29, 1.82) is 0 Å². The van der Waals surface area contributed by atoms with Crippen molar-refractivity contribution in [3.8, 4) is 5.75 Å². The SMILES string of the molecule is CCC1COC(C)CN1c1cccc(OC)c1[C@H](C)N. The standard InChI is InChI=1S/C16H26N2O2/c1-5-13-10-20-11(2)9-18(13)14-7-6-8-15(19-4)16(14)12(3)17/h6-8,11-13H,5,9-10,17H2,1-4H3/t11?,12-,13?/m0/s1. The van der Waals surface area contributed by atoms with Crippen molar-refractivity contribution in [3.05, 3.63) is 23.8 Å². The highest BCUT2D eigenvalue weighted by molar-refractivity contribution is 5.61. The minimum absolute atomic E-state index is 0.0585. The van der Waals surface area contributed by atoms with Crippen LogP contribution in [0.4, 0.5) is 5.69 Å². The Morgan fingerprint density at radius 1 is 1.50 bits per heavy atom. The number of benzene rings is 1. The van der Waals surface area contributed by atoms with Crippen LogP contribution in [0.3, 0.4) is 0 Å². The lowest BCUT2D eigenvalue weighted by molar-refractivity contribution is 0.0298. The molecule has 2 N–H and O–H groups in total. The van der Waals surface area contributed by atoms with Gasteiger partial charge in [0.05, 0.1) is 25.9 Å². The van der Waals surface area contributed by atoms with Crippen LogP contribution in [0.5, 0.6) is 5.75 Å². The second kappa shape index (κ2) is 6.46. The van der Waals surface area contributed by atoms with Crippen molar-refractivity contribution in [3.63, 3.8) is 0 Å². The van der Waals surface area contributed by atoms with Gasteiger partial charge in [-0.1, -0.05) is 13.0 Å². The first kappa shape index (κ1) is 15.1. The maximum absolute atomic E-state index is 6.18. The molecular weight excluding hydrogens is 252 g/mol. The number of ether oxygens (including phenoxy) is 2. The maximum atomic E-state index is 6.18. The molecule has 1 aromatic rings. The van der Waals surface area contributed by atoms with Gasteiger partial charge in [0.15, 0.2) is 0 Å². The molecule has 112 valence electrons. The van der Waals surface area contributed by atoms with E-state index in [2.05, 4.69) is 24.8 Å². The highest BCUT2D eigenvalue weighted by Gasteiger charge is 2.28. The lowest BCUT2D eigenvalue weighted by Gasteiger charge is -2.41. The van der Waals surface area contributed by atoms with Crippen LogP contribution in [0.1, 0.15) is 38.8 Å². The molecule has 0 bridgehead atoms. The molecule has 1 saturated heterocycles. The van der Waals surface area contributed by atoms with Gasteiger partial charge in [-0.3, -0.25) is 0 Å². The lowest BCUT2D eigenvalue weighted by Crippen LogP contribution is -2.49. The van der Waals surface area contributed by atoms with Gasteiger partial charge < -0.3 is 20.1 Å². The molecule has 4 heteroatoms. The summed E-state index contributed by atoms with van der Waals surface area (Å²) in [5.74, 6) is 0.867. The molecule has 0 aromatic heterocycles. The molecule has 0 saturated carbocycles. The predicted octanol–water partition coefficient (Wildman–Crippen LogP) is 2.72. The van der Waals surface area contributed by atoms with Crippen molar-refractivity contribution in [2.24, 2.45) is 5.73 Å². The minimum Gasteiger partial charge on any atom is -0.496 e. The topological polar surface area (TPSA) is 47.7 Å². The Hall–Kier alpha value is -1.26. The van der Waals surface area contributed by atoms with Crippen LogP contribution in [-0.4, -0.2) is 32.4 Å². The molecule has 2 unspecified atom stereocenters. The molecule has 20 heavy (non-hydrogen) atoms. The Morgan fingerprint density at radius 3 is 2.85 bits per heavy atom. The summed E-state index contributed by atoms with van der Waals surface area (Å²) in [6, 6.07) is 6.49. The van der Waals surface area contributed by atoms with Gasteiger partial charge in [0.2, 0.25) is 0 Å². The van der Waals surface area contributed by atoms with E-state index in [1.165, 1.54) is 5.69 Å². The first-order chi connectivity index (χ1) is 9.58. The molecule has 1 aromatic carbocycles. The zero-order valence-corrected chi connectivity index (χ0v) is 12.9. The van der Waals surface area contributed by atoms with Gasteiger partial charge in [-0.05, 0) is 32.4 Å². The molecule has 0 aliphatic carbocycles. The molecule has 4 nitrogen and oxygen atoms in total. The van der Waals surface area contributed by atoms with E-state index in [0.29, 0.717) is 6.04 Å². The number of methoxy groups -OCH3 is 1. The van der Waals surface area contributed by atoms with E-state index in [-0.39, 0.29) is 12.1 Å². The number of rotatable bonds is 4. The van der Waals surface area contributed by atoms with Crippen LogP contribution in [0.15, 0.2) is 18.2 Å². The summed E-state index contributed by atoms with van der Waals surface area (Å²) in [5, 5.41) is 0. The van der Waals surface area contributed by atoms with E-state index in [1.807, 2.05) is 19.1 Å². The van der Waals surface area contributed by atoms with Gasteiger partial charge in [-0.2, -0.15) is 0 Å². The van der Waals surface area contributed by atoms with Gasteiger partial charge in [-0.15, -0.1) is 0 Å². The van der Waals surface area contributed by atoms with E-state index in [1.54, 1.807) is 7.11 Å². The van der Waals surface area contributed by atoms with Crippen LogP contribution in [0.2, 0.25) is 0 Å². The summed E-state index contributed by atoms with van der Waals surface area (Å²) in [7, 11) is 1.70. The zero-order valence-electron chi connectivity index (χ0n) is 12.9. The fourth-order valence-electron chi connectivity index (χ4n) is 2.90. The molecule has 1 fully saturated rings. The van der Waals surface area contributed by atoms with E-state index >= 15 is 0 Å². The van der Waals surface area contributed by atoms with Crippen LogP contribution >= 0.6 is 0 Å². The molecule has 2 rings (SSSR count). The fraction of sp³-hybridized carbons (Fsp3) is 0.625. The number of nitrogens with zero attached hydrogens (tertiary/aromatic N) is 1. The predicted molar refractivity (Wildman–Crippen MR) is 82.4 cm³/mol. The summed E-state index contributed by atoms with van der Waals surface area (Å²) in [6.07, 6.45) is 1.30. The van der Waals surface area contributed by atoms with E-state index in [9.17, 15) is 0 Å². The average molecular weight is 278 g/mol. The smallest absolute Gasteiger partial charge is 0.125 e. The largest absolute Gasteiger partial charge is 0.496 e. The van der Waals surface area contributed by atoms with Gasteiger partial charge >= 0.3 is 0 Å². The van der Waals surface area contributed by atoms with Crippen LogP contribution in [0.25, 0.3) is 0 Å². The van der Waals surface area contributed by atoms with E-state index in [0.717, 1.165) is 30.9 Å². The van der Waals surface area contributed by atoms with Crippen molar-refractivity contribution in [2.45, 2.75) is 45.4 Å². The quantitative estimate of drug-likeness (QED) is 0.920. The molecule has 0 spiro atoms. The van der Waals surface area contributed by atoms with E-state index in [4.69, 9.17) is 15.2 Å². The van der Waals surface area contributed by atoms with Crippen molar-refractivity contribution in [1.82, 2.24) is 0 Å².